The van der Waals surface area contributed by atoms with Crippen LogP contribution >= 0.6 is 11.6 Å². The van der Waals surface area contributed by atoms with E-state index < -0.39 is 0 Å². The molecule has 0 aliphatic heterocycles. The van der Waals surface area contributed by atoms with Crippen molar-refractivity contribution in [3.05, 3.63) is 28.8 Å². The first kappa shape index (κ1) is 8.43. The van der Waals surface area contributed by atoms with E-state index in [0.29, 0.717) is 18.5 Å². The molecule has 2 nitrogen and oxygen atoms in total. The van der Waals surface area contributed by atoms with E-state index in [0.717, 1.165) is 5.56 Å². The molecule has 0 saturated heterocycles. The Morgan fingerprint density at radius 1 is 1.55 bits per heavy atom. The van der Waals surface area contributed by atoms with E-state index in [-0.39, 0.29) is 0 Å². The normalized spacial score (nSPS) is 9.36. The Bertz CT molecular complexity index is 252. The zero-order chi connectivity index (χ0) is 8.27. The standard InChI is InChI=1S/C7H7BClO2/c1-5-4-6(9)2-3-7(5)11-8-10/h2-4,10H,1H3. The lowest BCUT2D eigenvalue weighted by Crippen LogP contribution is -2.00. The Balaban J connectivity index is 2.90. The topological polar surface area (TPSA) is 29.5 Å². The van der Waals surface area contributed by atoms with Gasteiger partial charge in [-0.15, -0.1) is 0 Å². The highest BCUT2D eigenvalue weighted by Gasteiger charge is 1.99. The summed E-state index contributed by atoms with van der Waals surface area (Å²) in [5, 5.41) is 8.99. The summed E-state index contributed by atoms with van der Waals surface area (Å²) in [6, 6.07) is 5.16. The van der Waals surface area contributed by atoms with Crippen LogP contribution in [-0.2, 0) is 0 Å². The molecular weight excluding hydrogens is 162 g/mol. The van der Waals surface area contributed by atoms with Crippen LogP contribution in [0.1, 0.15) is 5.56 Å². The molecule has 1 N–H and O–H groups in total. The van der Waals surface area contributed by atoms with Crippen molar-refractivity contribution in [1.29, 1.82) is 0 Å². The molecule has 4 heteroatoms. The van der Waals surface area contributed by atoms with Gasteiger partial charge in [-0.25, -0.2) is 0 Å². The lowest BCUT2D eigenvalue weighted by Gasteiger charge is -2.04. The molecule has 0 aliphatic carbocycles. The third-order valence-electron chi connectivity index (χ3n) is 1.32. The molecule has 11 heavy (non-hydrogen) atoms. The SMILES string of the molecule is Cc1cc(Cl)ccc1O[B]O. The fourth-order valence-corrected chi connectivity index (χ4v) is 1.03. The van der Waals surface area contributed by atoms with Crippen LogP contribution in [-0.4, -0.2) is 12.7 Å². The van der Waals surface area contributed by atoms with Crippen LogP contribution in [0.3, 0.4) is 0 Å². The van der Waals surface area contributed by atoms with Gasteiger partial charge in [0.1, 0.15) is 5.75 Å². The summed E-state index contributed by atoms with van der Waals surface area (Å²) in [5.74, 6) is 0.608. The Labute approximate surface area is 71.1 Å². The molecule has 1 radical (unpaired) electrons. The summed E-state index contributed by atoms with van der Waals surface area (Å²) in [5.41, 5.74) is 0.891. The first-order chi connectivity index (χ1) is 5.24. The van der Waals surface area contributed by atoms with E-state index in [9.17, 15) is 0 Å². The summed E-state index contributed by atoms with van der Waals surface area (Å²) >= 11 is 5.69. The van der Waals surface area contributed by atoms with Crippen molar-refractivity contribution >= 4 is 19.3 Å². The predicted molar refractivity (Wildman–Crippen MR) is 44.8 cm³/mol. The molecule has 57 valence electrons. The first-order valence-corrected chi connectivity index (χ1v) is 3.50. The average molecular weight is 169 g/mol. The molecule has 0 amide bonds. The smallest absolute Gasteiger partial charge is 0.537 e. The molecule has 1 aromatic rings. The number of halogens is 1. The minimum absolute atomic E-state index is 0.608. The molecule has 1 aromatic carbocycles. The highest BCUT2D eigenvalue weighted by Crippen LogP contribution is 2.20. The first-order valence-electron chi connectivity index (χ1n) is 3.13. The summed E-state index contributed by atoms with van der Waals surface area (Å²) in [6.45, 7) is 1.85. The van der Waals surface area contributed by atoms with Crippen LogP contribution in [0.25, 0.3) is 0 Å². The van der Waals surface area contributed by atoms with Crippen LogP contribution in [0.2, 0.25) is 5.02 Å². The van der Waals surface area contributed by atoms with Gasteiger partial charge in [0.05, 0.1) is 0 Å². The maximum atomic E-state index is 8.33. The van der Waals surface area contributed by atoms with Gasteiger partial charge in [0, 0.05) is 5.02 Å². The van der Waals surface area contributed by atoms with Gasteiger partial charge in [-0.1, -0.05) is 11.6 Å². The summed E-state index contributed by atoms with van der Waals surface area (Å²) in [6.07, 6.45) is 0. The average Bonchev–Trinajstić information content (AvgIpc) is 1.95. The van der Waals surface area contributed by atoms with E-state index in [4.69, 9.17) is 21.3 Å². The second kappa shape index (κ2) is 3.65. The molecule has 0 aliphatic rings. The van der Waals surface area contributed by atoms with Crippen LogP contribution < -0.4 is 4.65 Å². The molecular formula is C7H7BClO2. The van der Waals surface area contributed by atoms with Gasteiger partial charge in [0.25, 0.3) is 0 Å². The molecule has 0 fully saturated rings. The fraction of sp³-hybridized carbons (Fsp3) is 0.143. The van der Waals surface area contributed by atoms with Gasteiger partial charge in [-0.05, 0) is 30.7 Å². The molecule has 0 spiro atoms. The van der Waals surface area contributed by atoms with Crippen molar-refractivity contribution in [3.8, 4) is 5.75 Å². The van der Waals surface area contributed by atoms with Crippen LogP contribution in [0, 0.1) is 6.92 Å². The second-order valence-electron chi connectivity index (χ2n) is 2.13. The maximum absolute atomic E-state index is 8.33. The lowest BCUT2D eigenvalue weighted by molar-refractivity contribution is 0.452. The van der Waals surface area contributed by atoms with Gasteiger partial charge in [0.15, 0.2) is 0 Å². The van der Waals surface area contributed by atoms with Crippen molar-refractivity contribution in [2.24, 2.45) is 0 Å². The lowest BCUT2D eigenvalue weighted by atomic mass is 10.2. The quantitative estimate of drug-likeness (QED) is 0.681. The van der Waals surface area contributed by atoms with Crippen LogP contribution in [0.5, 0.6) is 5.75 Å². The molecule has 0 bridgehead atoms. The van der Waals surface area contributed by atoms with Crippen molar-refractivity contribution in [2.75, 3.05) is 0 Å². The number of rotatable bonds is 2. The summed E-state index contributed by atoms with van der Waals surface area (Å²) < 4.78 is 4.76. The van der Waals surface area contributed by atoms with Crippen molar-refractivity contribution in [3.63, 3.8) is 0 Å². The van der Waals surface area contributed by atoms with E-state index >= 15 is 0 Å². The highest BCUT2D eigenvalue weighted by molar-refractivity contribution is 6.30. The fourth-order valence-electron chi connectivity index (χ4n) is 0.802. The van der Waals surface area contributed by atoms with Crippen LogP contribution in [0.15, 0.2) is 18.2 Å². The van der Waals surface area contributed by atoms with E-state index in [1.165, 1.54) is 0 Å². The third-order valence-corrected chi connectivity index (χ3v) is 1.55. The van der Waals surface area contributed by atoms with Crippen molar-refractivity contribution in [2.45, 2.75) is 6.92 Å². The van der Waals surface area contributed by atoms with Gasteiger partial charge in [-0.3, -0.25) is 0 Å². The molecule has 1 rings (SSSR count). The monoisotopic (exact) mass is 169 g/mol. The maximum Gasteiger partial charge on any atom is 0.569 e. The minimum atomic E-state index is 0.608. The Morgan fingerprint density at radius 2 is 2.27 bits per heavy atom. The van der Waals surface area contributed by atoms with Crippen molar-refractivity contribution in [1.82, 2.24) is 0 Å². The van der Waals surface area contributed by atoms with Crippen LogP contribution in [0.4, 0.5) is 0 Å². The third kappa shape index (κ3) is 2.14. The van der Waals surface area contributed by atoms with Gasteiger partial charge < -0.3 is 9.68 Å². The minimum Gasteiger partial charge on any atom is -0.537 e. The molecule has 0 unspecified atom stereocenters. The number of hydrogen-bond donors (Lipinski definition) is 1. The Morgan fingerprint density at radius 3 is 2.82 bits per heavy atom. The van der Waals surface area contributed by atoms with Gasteiger partial charge in [0.2, 0.25) is 0 Å². The van der Waals surface area contributed by atoms with Gasteiger partial charge >= 0.3 is 7.69 Å². The van der Waals surface area contributed by atoms with E-state index in [1.807, 2.05) is 6.92 Å². The largest absolute Gasteiger partial charge is 0.569 e. The molecule has 0 atom stereocenters. The number of aryl methyl sites for hydroxylation is 1. The number of hydrogen-bond acceptors (Lipinski definition) is 2. The zero-order valence-corrected chi connectivity index (χ0v) is 6.80. The highest BCUT2D eigenvalue weighted by atomic mass is 35.5. The Kier molecular flexibility index (Phi) is 2.80. The summed E-state index contributed by atoms with van der Waals surface area (Å²) in [7, 11) is 0.649. The number of benzene rings is 1. The van der Waals surface area contributed by atoms with E-state index in [1.54, 1.807) is 18.2 Å². The predicted octanol–water partition coefficient (Wildman–Crippen LogP) is 1.55. The zero-order valence-electron chi connectivity index (χ0n) is 6.04. The van der Waals surface area contributed by atoms with Gasteiger partial charge in [-0.2, -0.15) is 0 Å². The molecule has 0 aromatic heterocycles. The van der Waals surface area contributed by atoms with E-state index in [2.05, 4.69) is 0 Å². The second-order valence-corrected chi connectivity index (χ2v) is 2.57. The molecule has 0 heterocycles. The Hall–Kier alpha value is -0.665. The summed E-state index contributed by atoms with van der Waals surface area (Å²) in [4.78, 5) is 0. The molecule has 0 saturated carbocycles. The van der Waals surface area contributed by atoms with Crippen molar-refractivity contribution < 1.29 is 9.68 Å².